The van der Waals surface area contributed by atoms with E-state index in [0.717, 1.165) is 0 Å². The van der Waals surface area contributed by atoms with Gasteiger partial charge in [-0.1, -0.05) is 12.1 Å². The normalized spacial score (nSPS) is 13.2. The Morgan fingerprint density at radius 1 is 1.30 bits per heavy atom. The molecule has 0 fully saturated rings. The van der Waals surface area contributed by atoms with Crippen LogP contribution < -0.4 is 11.3 Å². The smallest absolute Gasteiger partial charge is 0.181 e. The lowest BCUT2D eigenvalue weighted by atomic mass is 10.2. The Morgan fingerprint density at radius 2 is 2.00 bits per heavy atom. The standard InChI is InChI=1S/C14H19FN2O3/c1-3-18-14(19-4-2)12(17-16)11-8-9-6-5-7-10(15)13(9)20-11/h5-8,12,14,17H,3-4,16H2,1-2H3. The van der Waals surface area contributed by atoms with Crippen molar-refractivity contribution in [2.45, 2.75) is 26.2 Å². The van der Waals surface area contributed by atoms with Gasteiger partial charge in [0.15, 0.2) is 17.7 Å². The minimum absolute atomic E-state index is 0.203. The Bertz CT molecular complexity index is 552. The van der Waals surface area contributed by atoms with Crippen molar-refractivity contribution >= 4 is 11.0 Å². The molecule has 0 bridgehead atoms. The zero-order valence-corrected chi connectivity index (χ0v) is 11.6. The number of benzene rings is 1. The molecule has 0 aliphatic heterocycles. The molecule has 110 valence electrons. The second kappa shape index (κ2) is 6.81. The van der Waals surface area contributed by atoms with E-state index in [4.69, 9.17) is 19.7 Å². The van der Waals surface area contributed by atoms with Crippen LogP contribution in [-0.4, -0.2) is 19.5 Å². The molecule has 3 N–H and O–H groups in total. The number of para-hydroxylation sites is 1. The van der Waals surface area contributed by atoms with Crippen LogP contribution in [0.2, 0.25) is 0 Å². The number of rotatable bonds is 7. The fraction of sp³-hybridized carbons (Fsp3) is 0.429. The number of nitrogens with two attached hydrogens (primary N) is 1. The summed E-state index contributed by atoms with van der Waals surface area (Å²) in [5.41, 5.74) is 2.81. The van der Waals surface area contributed by atoms with Crippen molar-refractivity contribution in [3.05, 3.63) is 35.8 Å². The van der Waals surface area contributed by atoms with E-state index in [9.17, 15) is 4.39 Å². The van der Waals surface area contributed by atoms with Crippen LogP contribution >= 0.6 is 0 Å². The molecule has 1 atom stereocenters. The molecule has 1 unspecified atom stereocenters. The highest BCUT2D eigenvalue weighted by Gasteiger charge is 2.27. The maximum Gasteiger partial charge on any atom is 0.181 e. The highest BCUT2D eigenvalue weighted by Crippen LogP contribution is 2.28. The first-order valence-corrected chi connectivity index (χ1v) is 6.58. The van der Waals surface area contributed by atoms with Gasteiger partial charge in [-0.15, -0.1) is 0 Å². The molecule has 20 heavy (non-hydrogen) atoms. The first-order valence-electron chi connectivity index (χ1n) is 6.58. The number of hydrogen-bond donors (Lipinski definition) is 2. The Kier molecular flexibility index (Phi) is 5.08. The van der Waals surface area contributed by atoms with Crippen LogP contribution in [0.15, 0.2) is 28.7 Å². The lowest BCUT2D eigenvalue weighted by molar-refractivity contribution is -0.157. The van der Waals surface area contributed by atoms with Crippen molar-refractivity contribution < 1.29 is 18.3 Å². The molecule has 5 nitrogen and oxygen atoms in total. The molecule has 0 aliphatic carbocycles. The number of ether oxygens (including phenoxy) is 2. The molecule has 1 aromatic carbocycles. The second-order valence-corrected chi connectivity index (χ2v) is 4.23. The van der Waals surface area contributed by atoms with Crippen LogP contribution in [0.1, 0.15) is 25.6 Å². The minimum atomic E-state index is -0.598. The van der Waals surface area contributed by atoms with Crippen LogP contribution in [0.4, 0.5) is 4.39 Å². The summed E-state index contributed by atoms with van der Waals surface area (Å²) in [5.74, 6) is 5.63. The van der Waals surface area contributed by atoms with Crippen LogP contribution in [0.3, 0.4) is 0 Å². The third-order valence-electron chi connectivity index (χ3n) is 2.94. The average molecular weight is 282 g/mol. The molecule has 0 saturated carbocycles. The first kappa shape index (κ1) is 14.9. The van der Waals surface area contributed by atoms with E-state index >= 15 is 0 Å². The molecule has 0 aliphatic rings. The number of furan rings is 1. The number of nitrogens with one attached hydrogen (secondary N) is 1. The van der Waals surface area contributed by atoms with Gasteiger partial charge >= 0.3 is 0 Å². The molecule has 0 radical (unpaired) electrons. The van der Waals surface area contributed by atoms with Gasteiger partial charge in [-0.2, -0.15) is 0 Å². The van der Waals surface area contributed by atoms with Gasteiger partial charge in [0.25, 0.3) is 0 Å². The van der Waals surface area contributed by atoms with E-state index in [2.05, 4.69) is 5.43 Å². The average Bonchev–Trinajstić information content (AvgIpc) is 2.85. The minimum Gasteiger partial charge on any atom is -0.456 e. The fourth-order valence-electron chi connectivity index (χ4n) is 2.06. The topological polar surface area (TPSA) is 69.7 Å². The number of hydrazine groups is 1. The van der Waals surface area contributed by atoms with Gasteiger partial charge in [-0.05, 0) is 26.0 Å². The number of halogens is 1. The van der Waals surface area contributed by atoms with Crippen LogP contribution in [-0.2, 0) is 9.47 Å². The van der Waals surface area contributed by atoms with Crippen molar-refractivity contribution in [1.82, 2.24) is 5.43 Å². The Morgan fingerprint density at radius 3 is 2.55 bits per heavy atom. The lowest BCUT2D eigenvalue weighted by Crippen LogP contribution is -2.39. The largest absolute Gasteiger partial charge is 0.456 e. The van der Waals surface area contributed by atoms with E-state index in [1.807, 2.05) is 13.8 Å². The van der Waals surface area contributed by atoms with Gasteiger partial charge in [0.05, 0.1) is 0 Å². The van der Waals surface area contributed by atoms with Gasteiger partial charge in [0, 0.05) is 18.6 Å². The lowest BCUT2D eigenvalue weighted by Gasteiger charge is -2.24. The summed E-state index contributed by atoms with van der Waals surface area (Å²) in [6.45, 7) is 4.66. The quantitative estimate of drug-likeness (QED) is 0.464. The third-order valence-corrected chi connectivity index (χ3v) is 2.94. The molecule has 6 heteroatoms. The van der Waals surface area contributed by atoms with Gasteiger partial charge in [0.2, 0.25) is 0 Å². The molecule has 1 heterocycles. The van der Waals surface area contributed by atoms with E-state index in [1.165, 1.54) is 6.07 Å². The van der Waals surface area contributed by atoms with Crippen molar-refractivity contribution in [3.8, 4) is 0 Å². The summed E-state index contributed by atoms with van der Waals surface area (Å²) in [4.78, 5) is 0. The van der Waals surface area contributed by atoms with Gasteiger partial charge in [-0.25, -0.2) is 9.82 Å². The summed E-state index contributed by atoms with van der Waals surface area (Å²) >= 11 is 0. The summed E-state index contributed by atoms with van der Waals surface area (Å²) < 4.78 is 30.2. The van der Waals surface area contributed by atoms with Crippen molar-refractivity contribution in [2.24, 2.45) is 5.84 Å². The van der Waals surface area contributed by atoms with Crippen molar-refractivity contribution in [1.29, 1.82) is 0 Å². The zero-order valence-electron chi connectivity index (χ0n) is 11.6. The van der Waals surface area contributed by atoms with Gasteiger partial charge in [-0.3, -0.25) is 5.84 Å². The number of fused-ring (bicyclic) bond motifs is 1. The van der Waals surface area contributed by atoms with Crippen LogP contribution in [0, 0.1) is 5.82 Å². The van der Waals surface area contributed by atoms with E-state index < -0.39 is 18.1 Å². The van der Waals surface area contributed by atoms with E-state index in [-0.39, 0.29) is 5.58 Å². The molecule has 2 rings (SSSR count). The Balaban J connectivity index is 2.34. The molecule has 0 saturated heterocycles. The maximum atomic E-state index is 13.7. The zero-order chi connectivity index (χ0) is 14.5. The summed E-state index contributed by atoms with van der Waals surface area (Å²) in [6, 6.07) is 5.97. The third kappa shape index (κ3) is 2.99. The molecular weight excluding hydrogens is 263 g/mol. The Hall–Kier alpha value is -1.47. The summed E-state index contributed by atoms with van der Waals surface area (Å²) in [5, 5.41) is 0.673. The molecular formula is C14H19FN2O3. The Labute approximate surface area is 116 Å². The van der Waals surface area contributed by atoms with E-state index in [0.29, 0.717) is 24.4 Å². The predicted molar refractivity (Wildman–Crippen MR) is 73.3 cm³/mol. The fourth-order valence-corrected chi connectivity index (χ4v) is 2.06. The SMILES string of the molecule is CCOC(OCC)C(NN)c1cc2cccc(F)c2o1. The monoisotopic (exact) mass is 282 g/mol. The van der Waals surface area contributed by atoms with Crippen LogP contribution in [0.5, 0.6) is 0 Å². The second-order valence-electron chi connectivity index (χ2n) is 4.23. The predicted octanol–water partition coefficient (Wildman–Crippen LogP) is 2.48. The first-order chi connectivity index (χ1) is 9.71. The maximum absolute atomic E-state index is 13.7. The summed E-state index contributed by atoms with van der Waals surface area (Å²) in [7, 11) is 0. The van der Waals surface area contributed by atoms with Gasteiger partial charge < -0.3 is 13.9 Å². The summed E-state index contributed by atoms with van der Waals surface area (Å²) in [6.07, 6.45) is -0.598. The van der Waals surface area contributed by atoms with E-state index in [1.54, 1.807) is 18.2 Å². The molecule has 0 amide bonds. The molecule has 2 aromatic rings. The number of hydrogen-bond acceptors (Lipinski definition) is 5. The van der Waals surface area contributed by atoms with Crippen molar-refractivity contribution in [2.75, 3.05) is 13.2 Å². The van der Waals surface area contributed by atoms with Gasteiger partial charge in [0.1, 0.15) is 11.8 Å². The van der Waals surface area contributed by atoms with Crippen LogP contribution in [0.25, 0.3) is 11.0 Å². The highest BCUT2D eigenvalue weighted by molar-refractivity contribution is 5.78. The van der Waals surface area contributed by atoms with Crippen molar-refractivity contribution in [3.63, 3.8) is 0 Å². The molecule has 1 aromatic heterocycles. The highest BCUT2D eigenvalue weighted by atomic mass is 19.1. The molecule has 0 spiro atoms.